The molecule has 0 aliphatic heterocycles. The van der Waals surface area contributed by atoms with Gasteiger partial charge in [-0.15, -0.1) is 0 Å². The Morgan fingerprint density at radius 1 is 0.588 bits per heavy atom. The van der Waals surface area contributed by atoms with E-state index in [-0.39, 0.29) is 11.1 Å². The van der Waals surface area contributed by atoms with Crippen molar-refractivity contribution in [3.05, 3.63) is 76.9 Å². The fourth-order valence-corrected chi connectivity index (χ4v) is 3.62. The molecule has 3 aromatic carbocycles. The second kappa shape index (κ2) is 11.2. The number of methoxy groups -OCH3 is 5. The summed E-state index contributed by atoms with van der Waals surface area (Å²) in [5.74, 6) is 1.57. The molecule has 0 heterocycles. The van der Waals surface area contributed by atoms with Gasteiger partial charge in [-0.3, -0.25) is 9.59 Å². The summed E-state index contributed by atoms with van der Waals surface area (Å²) in [6, 6.07) is 15.3. The van der Waals surface area contributed by atoms with Crippen molar-refractivity contribution in [1.82, 2.24) is 0 Å². The van der Waals surface area contributed by atoms with Gasteiger partial charge in [0.2, 0.25) is 11.6 Å². The van der Waals surface area contributed by atoms with Gasteiger partial charge >= 0.3 is 0 Å². The standard InChI is InChI=1S/C27H28O7/c1-30-20-10-8-18(9-11-20)26(28)27(29)23-16-25(34-5)24(33-4)14-19(23)7-6-17-12-21(31-2)15-22(13-17)32-3/h8-16H,6-7H2,1-5H3. The van der Waals surface area contributed by atoms with Crippen LogP contribution < -0.4 is 23.7 Å². The lowest BCUT2D eigenvalue weighted by Crippen LogP contribution is -2.17. The molecule has 0 aliphatic carbocycles. The predicted octanol–water partition coefficient (Wildman–Crippen LogP) is 4.58. The van der Waals surface area contributed by atoms with Crippen LogP contribution >= 0.6 is 0 Å². The van der Waals surface area contributed by atoms with Crippen molar-refractivity contribution in [2.24, 2.45) is 0 Å². The molecule has 34 heavy (non-hydrogen) atoms. The summed E-state index contributed by atoms with van der Waals surface area (Å²) in [6.45, 7) is 0. The van der Waals surface area contributed by atoms with Crippen LogP contribution in [-0.4, -0.2) is 47.1 Å². The molecule has 0 fully saturated rings. The largest absolute Gasteiger partial charge is 0.497 e. The highest BCUT2D eigenvalue weighted by molar-refractivity contribution is 6.49. The summed E-state index contributed by atoms with van der Waals surface area (Å²) in [7, 11) is 7.73. The third kappa shape index (κ3) is 5.49. The molecule has 7 nitrogen and oxygen atoms in total. The molecule has 0 spiro atoms. The van der Waals surface area contributed by atoms with E-state index in [2.05, 4.69) is 0 Å². The molecule has 7 heteroatoms. The van der Waals surface area contributed by atoms with E-state index in [4.69, 9.17) is 23.7 Å². The van der Waals surface area contributed by atoms with E-state index >= 15 is 0 Å². The Morgan fingerprint density at radius 3 is 1.68 bits per heavy atom. The Kier molecular flexibility index (Phi) is 8.14. The minimum absolute atomic E-state index is 0.272. The van der Waals surface area contributed by atoms with Gasteiger partial charge in [-0.05, 0) is 72.5 Å². The molecular formula is C27H28O7. The molecule has 0 aromatic heterocycles. The third-order valence-electron chi connectivity index (χ3n) is 5.51. The number of aryl methyl sites for hydroxylation is 2. The maximum atomic E-state index is 13.3. The number of carbonyl (C=O) groups excluding carboxylic acids is 2. The summed E-state index contributed by atoms with van der Waals surface area (Å²) in [4.78, 5) is 26.3. The van der Waals surface area contributed by atoms with Gasteiger partial charge in [0.15, 0.2) is 11.5 Å². The lowest BCUT2D eigenvalue weighted by molar-refractivity contribution is 0.0816. The van der Waals surface area contributed by atoms with Crippen molar-refractivity contribution >= 4 is 11.6 Å². The molecule has 178 valence electrons. The van der Waals surface area contributed by atoms with Crippen LogP contribution in [0.1, 0.15) is 31.8 Å². The zero-order valence-corrected chi connectivity index (χ0v) is 20.0. The first-order valence-corrected chi connectivity index (χ1v) is 10.6. The molecule has 3 aromatic rings. The van der Waals surface area contributed by atoms with E-state index in [9.17, 15) is 9.59 Å². The molecule has 0 saturated carbocycles. The fourth-order valence-electron chi connectivity index (χ4n) is 3.62. The number of Topliss-reactive ketones (excluding diaryl/α,β-unsaturated/α-hetero) is 2. The van der Waals surface area contributed by atoms with Crippen LogP contribution in [0.25, 0.3) is 0 Å². The number of rotatable bonds is 11. The van der Waals surface area contributed by atoms with E-state index in [0.717, 1.165) is 5.56 Å². The summed E-state index contributed by atoms with van der Waals surface area (Å²) >= 11 is 0. The zero-order valence-electron chi connectivity index (χ0n) is 20.0. The molecule has 3 rings (SSSR count). The number of ketones is 2. The highest BCUT2D eigenvalue weighted by atomic mass is 16.5. The first-order valence-electron chi connectivity index (χ1n) is 10.6. The smallest absolute Gasteiger partial charge is 0.233 e. The fraction of sp³-hybridized carbons (Fsp3) is 0.259. The van der Waals surface area contributed by atoms with Crippen LogP contribution in [0.2, 0.25) is 0 Å². The van der Waals surface area contributed by atoms with Crippen LogP contribution in [0.15, 0.2) is 54.6 Å². The number of hydrogen-bond donors (Lipinski definition) is 0. The topological polar surface area (TPSA) is 80.3 Å². The van der Waals surface area contributed by atoms with Crippen LogP contribution in [0.3, 0.4) is 0 Å². The number of hydrogen-bond acceptors (Lipinski definition) is 7. The third-order valence-corrected chi connectivity index (χ3v) is 5.51. The highest BCUT2D eigenvalue weighted by Crippen LogP contribution is 2.32. The Hall–Kier alpha value is -4.00. The Morgan fingerprint density at radius 2 is 1.15 bits per heavy atom. The van der Waals surface area contributed by atoms with E-state index < -0.39 is 11.6 Å². The number of carbonyl (C=O) groups is 2. The second-order valence-corrected chi connectivity index (χ2v) is 7.47. The molecule has 0 aliphatic rings. The summed E-state index contributed by atoms with van der Waals surface area (Å²) in [5.41, 5.74) is 2.19. The van der Waals surface area contributed by atoms with Crippen molar-refractivity contribution < 1.29 is 33.3 Å². The van der Waals surface area contributed by atoms with Crippen molar-refractivity contribution in [3.8, 4) is 28.7 Å². The van der Waals surface area contributed by atoms with Crippen LogP contribution in [0, 0.1) is 0 Å². The van der Waals surface area contributed by atoms with Crippen LogP contribution in [0.4, 0.5) is 0 Å². The first kappa shape index (κ1) is 24.6. The van der Waals surface area contributed by atoms with E-state index in [1.54, 1.807) is 56.7 Å². The average molecular weight is 465 g/mol. The molecule has 0 unspecified atom stereocenters. The zero-order chi connectivity index (χ0) is 24.7. The highest BCUT2D eigenvalue weighted by Gasteiger charge is 2.24. The van der Waals surface area contributed by atoms with Gasteiger partial charge in [0.05, 0.1) is 35.5 Å². The summed E-state index contributed by atoms with van der Waals surface area (Å²) in [5, 5.41) is 0. The molecule has 0 amide bonds. The Balaban J connectivity index is 1.96. The van der Waals surface area contributed by atoms with Gasteiger partial charge in [-0.2, -0.15) is 0 Å². The van der Waals surface area contributed by atoms with Gasteiger partial charge in [0.25, 0.3) is 0 Å². The lowest BCUT2D eigenvalue weighted by atomic mass is 9.93. The molecule has 0 bridgehead atoms. The molecule has 0 atom stereocenters. The minimum atomic E-state index is -0.621. The van der Waals surface area contributed by atoms with Crippen LogP contribution in [0.5, 0.6) is 28.7 Å². The van der Waals surface area contributed by atoms with Crippen molar-refractivity contribution in [2.75, 3.05) is 35.5 Å². The average Bonchev–Trinajstić information content (AvgIpc) is 2.90. The maximum Gasteiger partial charge on any atom is 0.233 e. The molecule has 0 N–H and O–H groups in total. The van der Waals surface area contributed by atoms with E-state index in [1.807, 2.05) is 12.1 Å². The SMILES string of the molecule is COc1ccc(C(=O)C(=O)c2cc(OC)c(OC)cc2CCc2cc(OC)cc(OC)c2)cc1. The van der Waals surface area contributed by atoms with Gasteiger partial charge < -0.3 is 23.7 Å². The molecule has 0 radical (unpaired) electrons. The van der Waals surface area contributed by atoms with Gasteiger partial charge in [-0.1, -0.05) is 0 Å². The van der Waals surface area contributed by atoms with Gasteiger partial charge in [-0.25, -0.2) is 0 Å². The second-order valence-electron chi connectivity index (χ2n) is 7.47. The molecular weight excluding hydrogens is 436 g/mol. The quantitative estimate of drug-likeness (QED) is 0.304. The lowest BCUT2D eigenvalue weighted by Gasteiger charge is -2.15. The Bertz CT molecular complexity index is 1140. The van der Waals surface area contributed by atoms with Crippen molar-refractivity contribution in [3.63, 3.8) is 0 Å². The summed E-state index contributed by atoms with van der Waals surface area (Å²) < 4.78 is 26.6. The molecule has 0 saturated heterocycles. The first-order chi connectivity index (χ1) is 16.4. The van der Waals surface area contributed by atoms with Gasteiger partial charge in [0.1, 0.15) is 17.2 Å². The Labute approximate surface area is 199 Å². The van der Waals surface area contributed by atoms with Crippen molar-refractivity contribution in [1.29, 1.82) is 0 Å². The van der Waals surface area contributed by atoms with E-state index in [1.165, 1.54) is 21.3 Å². The van der Waals surface area contributed by atoms with Gasteiger partial charge in [0, 0.05) is 17.2 Å². The summed E-state index contributed by atoms with van der Waals surface area (Å²) in [6.07, 6.45) is 1.06. The maximum absolute atomic E-state index is 13.3. The number of ether oxygens (including phenoxy) is 5. The monoisotopic (exact) mass is 464 g/mol. The predicted molar refractivity (Wildman–Crippen MR) is 128 cm³/mol. The number of benzene rings is 3. The van der Waals surface area contributed by atoms with Crippen LogP contribution in [-0.2, 0) is 12.8 Å². The van der Waals surface area contributed by atoms with Crippen molar-refractivity contribution in [2.45, 2.75) is 12.8 Å². The van der Waals surface area contributed by atoms with E-state index in [0.29, 0.717) is 47.2 Å². The minimum Gasteiger partial charge on any atom is -0.497 e. The normalized spacial score (nSPS) is 10.4.